The molecule has 1 unspecified atom stereocenters. The summed E-state index contributed by atoms with van der Waals surface area (Å²) in [6, 6.07) is 3.45. The third kappa shape index (κ3) is 2.45. The lowest BCUT2D eigenvalue weighted by atomic mass is 9.98. The SMILES string of the molecule is Cc1ccsc1C(=O)N1CCCCC1c1cc(=O)n2ccnc2[nH]1. The zero-order valence-electron chi connectivity index (χ0n) is 13.4. The van der Waals surface area contributed by atoms with Gasteiger partial charge in [0, 0.05) is 30.7 Å². The van der Waals surface area contributed by atoms with Crippen molar-refractivity contribution in [3.8, 4) is 0 Å². The Kier molecular flexibility index (Phi) is 3.72. The number of hydrogen-bond acceptors (Lipinski definition) is 4. The number of imidazole rings is 1. The molecule has 124 valence electrons. The van der Waals surface area contributed by atoms with Gasteiger partial charge in [0.25, 0.3) is 11.5 Å². The summed E-state index contributed by atoms with van der Waals surface area (Å²) in [6.45, 7) is 2.67. The van der Waals surface area contributed by atoms with Crippen LogP contribution in [0.1, 0.15) is 46.2 Å². The van der Waals surface area contributed by atoms with E-state index in [9.17, 15) is 9.59 Å². The summed E-state index contributed by atoms with van der Waals surface area (Å²) in [7, 11) is 0. The summed E-state index contributed by atoms with van der Waals surface area (Å²) in [5.74, 6) is 0.569. The van der Waals surface area contributed by atoms with Crippen molar-refractivity contribution in [1.29, 1.82) is 0 Å². The lowest BCUT2D eigenvalue weighted by molar-refractivity contribution is 0.0610. The Labute approximate surface area is 142 Å². The van der Waals surface area contributed by atoms with Crippen LogP contribution < -0.4 is 5.56 Å². The number of nitrogens with zero attached hydrogens (tertiary/aromatic N) is 3. The Morgan fingerprint density at radius 1 is 1.42 bits per heavy atom. The van der Waals surface area contributed by atoms with Gasteiger partial charge >= 0.3 is 0 Å². The lowest BCUT2D eigenvalue weighted by Crippen LogP contribution is -2.39. The summed E-state index contributed by atoms with van der Waals surface area (Å²) in [5.41, 5.74) is 1.65. The van der Waals surface area contributed by atoms with E-state index in [-0.39, 0.29) is 17.5 Å². The van der Waals surface area contributed by atoms with E-state index in [1.165, 1.54) is 15.7 Å². The molecule has 1 N–H and O–H groups in total. The van der Waals surface area contributed by atoms with Gasteiger partial charge in [-0.2, -0.15) is 0 Å². The molecular weight excluding hydrogens is 324 g/mol. The first-order valence-electron chi connectivity index (χ1n) is 8.06. The van der Waals surface area contributed by atoms with Gasteiger partial charge in [0.1, 0.15) is 0 Å². The molecule has 0 aromatic carbocycles. The molecule has 0 radical (unpaired) electrons. The van der Waals surface area contributed by atoms with Gasteiger partial charge in [-0.15, -0.1) is 11.3 Å². The van der Waals surface area contributed by atoms with Crippen LogP contribution in [-0.4, -0.2) is 31.7 Å². The fourth-order valence-corrected chi connectivity index (χ4v) is 4.22. The molecule has 4 rings (SSSR count). The van der Waals surface area contributed by atoms with Crippen LogP contribution in [0.5, 0.6) is 0 Å². The number of carbonyl (C=O) groups excluding carboxylic acids is 1. The van der Waals surface area contributed by atoms with Crippen LogP contribution in [0.2, 0.25) is 0 Å². The molecule has 0 spiro atoms. The van der Waals surface area contributed by atoms with Gasteiger partial charge in [-0.05, 0) is 43.2 Å². The maximum absolute atomic E-state index is 13.0. The average molecular weight is 342 g/mol. The number of carbonyl (C=O) groups is 1. The smallest absolute Gasteiger partial charge is 0.264 e. The fraction of sp³-hybridized carbons (Fsp3) is 0.353. The number of hydrogen-bond donors (Lipinski definition) is 1. The molecule has 24 heavy (non-hydrogen) atoms. The van der Waals surface area contributed by atoms with Crippen molar-refractivity contribution < 1.29 is 4.79 Å². The van der Waals surface area contributed by atoms with Gasteiger partial charge in [0.15, 0.2) is 0 Å². The average Bonchev–Trinajstić information content (AvgIpc) is 3.23. The van der Waals surface area contributed by atoms with E-state index in [0.717, 1.165) is 35.4 Å². The maximum Gasteiger partial charge on any atom is 0.264 e. The highest BCUT2D eigenvalue weighted by Gasteiger charge is 2.31. The highest BCUT2D eigenvalue weighted by atomic mass is 32.1. The monoisotopic (exact) mass is 342 g/mol. The van der Waals surface area contributed by atoms with E-state index in [1.807, 2.05) is 23.3 Å². The molecule has 6 nitrogen and oxygen atoms in total. The first-order valence-corrected chi connectivity index (χ1v) is 8.94. The summed E-state index contributed by atoms with van der Waals surface area (Å²) in [4.78, 5) is 35.3. The predicted octanol–water partition coefficient (Wildman–Crippen LogP) is 2.76. The van der Waals surface area contributed by atoms with Crippen molar-refractivity contribution in [2.75, 3.05) is 6.54 Å². The van der Waals surface area contributed by atoms with Gasteiger partial charge in [-0.1, -0.05) is 0 Å². The van der Waals surface area contributed by atoms with Crippen molar-refractivity contribution in [2.24, 2.45) is 0 Å². The van der Waals surface area contributed by atoms with Crippen LogP contribution in [-0.2, 0) is 0 Å². The highest BCUT2D eigenvalue weighted by Crippen LogP contribution is 2.32. The normalized spacial score (nSPS) is 18.2. The van der Waals surface area contributed by atoms with E-state index in [0.29, 0.717) is 12.3 Å². The summed E-state index contributed by atoms with van der Waals surface area (Å²) in [5, 5.41) is 1.94. The summed E-state index contributed by atoms with van der Waals surface area (Å²) in [6.07, 6.45) is 6.11. The van der Waals surface area contributed by atoms with Crippen molar-refractivity contribution in [3.05, 3.63) is 56.4 Å². The first kappa shape index (κ1) is 15.1. The van der Waals surface area contributed by atoms with Crippen LogP contribution in [0.3, 0.4) is 0 Å². The molecule has 1 aliphatic heterocycles. The summed E-state index contributed by atoms with van der Waals surface area (Å²) >= 11 is 1.48. The third-order valence-corrected chi connectivity index (χ3v) is 5.60. The lowest BCUT2D eigenvalue weighted by Gasteiger charge is -2.35. The molecule has 1 aliphatic rings. The van der Waals surface area contributed by atoms with Gasteiger partial charge in [0.2, 0.25) is 5.78 Å². The number of likely N-dealkylation sites (tertiary alicyclic amines) is 1. The number of piperidine rings is 1. The number of aryl methyl sites for hydroxylation is 1. The van der Waals surface area contributed by atoms with Crippen LogP contribution in [0, 0.1) is 6.92 Å². The van der Waals surface area contributed by atoms with Gasteiger partial charge < -0.3 is 9.88 Å². The van der Waals surface area contributed by atoms with Crippen molar-refractivity contribution in [3.63, 3.8) is 0 Å². The Hall–Kier alpha value is -2.41. The standard InChI is InChI=1S/C17H18N4O2S/c1-11-5-9-24-15(11)16(23)20-7-3-2-4-13(20)12-10-14(22)21-8-6-18-17(21)19-12/h5-6,8-10,13H,2-4,7H2,1H3,(H,18,19). The fourth-order valence-electron chi connectivity index (χ4n) is 3.34. The number of aromatic amines is 1. The second-order valence-electron chi connectivity index (χ2n) is 6.13. The number of H-pyrrole nitrogens is 1. The maximum atomic E-state index is 13.0. The Balaban J connectivity index is 1.74. The van der Waals surface area contributed by atoms with Crippen LogP contribution in [0.15, 0.2) is 34.7 Å². The number of nitrogens with one attached hydrogen (secondary N) is 1. The van der Waals surface area contributed by atoms with Crippen LogP contribution >= 0.6 is 11.3 Å². The predicted molar refractivity (Wildman–Crippen MR) is 92.5 cm³/mol. The third-order valence-electron chi connectivity index (χ3n) is 4.59. The van der Waals surface area contributed by atoms with Crippen LogP contribution in [0.4, 0.5) is 0 Å². The molecule has 3 aromatic rings. The Morgan fingerprint density at radius 2 is 2.29 bits per heavy atom. The van der Waals surface area contributed by atoms with E-state index in [2.05, 4.69) is 9.97 Å². The molecule has 0 saturated carbocycles. The number of aromatic nitrogens is 3. The van der Waals surface area contributed by atoms with Gasteiger partial charge in [0.05, 0.1) is 10.9 Å². The first-order chi connectivity index (χ1) is 11.6. The number of thiophene rings is 1. The quantitative estimate of drug-likeness (QED) is 0.778. The van der Waals surface area contributed by atoms with Gasteiger partial charge in [-0.25, -0.2) is 4.98 Å². The molecule has 1 fully saturated rings. The minimum atomic E-state index is -0.124. The highest BCUT2D eigenvalue weighted by molar-refractivity contribution is 7.12. The molecule has 0 bridgehead atoms. The van der Waals surface area contributed by atoms with E-state index in [1.54, 1.807) is 18.5 Å². The number of amides is 1. The van der Waals surface area contributed by atoms with E-state index in [4.69, 9.17) is 0 Å². The molecule has 7 heteroatoms. The molecule has 1 saturated heterocycles. The molecule has 0 aliphatic carbocycles. The molecule has 1 amide bonds. The summed E-state index contributed by atoms with van der Waals surface area (Å²) < 4.78 is 1.47. The largest absolute Gasteiger partial charge is 0.329 e. The van der Waals surface area contributed by atoms with Crippen molar-refractivity contribution in [2.45, 2.75) is 32.2 Å². The minimum absolute atomic E-state index is 0.0521. The number of fused-ring (bicyclic) bond motifs is 1. The zero-order valence-corrected chi connectivity index (χ0v) is 14.2. The number of rotatable bonds is 2. The van der Waals surface area contributed by atoms with E-state index < -0.39 is 0 Å². The Bertz CT molecular complexity index is 955. The zero-order chi connectivity index (χ0) is 16.7. The second-order valence-corrected chi connectivity index (χ2v) is 7.04. The molecule has 1 atom stereocenters. The second kappa shape index (κ2) is 5.90. The molecular formula is C17H18N4O2S. The molecule has 4 heterocycles. The van der Waals surface area contributed by atoms with Gasteiger partial charge in [-0.3, -0.25) is 14.0 Å². The van der Waals surface area contributed by atoms with Crippen LogP contribution in [0.25, 0.3) is 5.78 Å². The topological polar surface area (TPSA) is 70.5 Å². The van der Waals surface area contributed by atoms with E-state index >= 15 is 0 Å². The molecule has 3 aromatic heterocycles. The Morgan fingerprint density at radius 3 is 3.08 bits per heavy atom. The minimum Gasteiger partial charge on any atom is -0.329 e. The van der Waals surface area contributed by atoms with Crippen molar-refractivity contribution in [1.82, 2.24) is 19.3 Å². The van der Waals surface area contributed by atoms with Crippen molar-refractivity contribution >= 4 is 23.0 Å².